The van der Waals surface area contributed by atoms with E-state index in [1.165, 1.54) is 0 Å². The summed E-state index contributed by atoms with van der Waals surface area (Å²) in [6, 6.07) is 16.0. The van der Waals surface area contributed by atoms with Gasteiger partial charge in [-0.3, -0.25) is 0 Å². The molecule has 3 nitrogen and oxygen atoms in total. The van der Waals surface area contributed by atoms with Crippen LogP contribution in [-0.4, -0.2) is 11.4 Å². The van der Waals surface area contributed by atoms with Crippen molar-refractivity contribution in [1.82, 2.24) is 5.16 Å². The second-order valence-corrected chi connectivity index (χ2v) is 6.15. The van der Waals surface area contributed by atoms with E-state index in [4.69, 9.17) is 10.3 Å². The quantitative estimate of drug-likeness (QED) is 0.662. The van der Waals surface area contributed by atoms with Crippen LogP contribution in [-0.2, 0) is 0 Å². The van der Waals surface area contributed by atoms with Gasteiger partial charge in [0, 0.05) is 20.5 Å². The zero-order valence-corrected chi connectivity index (χ0v) is 13.7. The summed E-state index contributed by atoms with van der Waals surface area (Å²) < 4.78 is 6.49. The smallest absolute Gasteiger partial charge is 0.178 e. The number of anilines is 1. The molecule has 3 rings (SSSR count). The van der Waals surface area contributed by atoms with Gasteiger partial charge in [-0.1, -0.05) is 51.4 Å². The predicted octanol–water partition coefficient (Wildman–Crippen LogP) is 5.08. The number of nitrogens with zero attached hydrogens (tertiary/aromatic N) is 1. The average Bonchev–Trinajstić information content (AvgIpc) is 2.89. The van der Waals surface area contributed by atoms with Gasteiger partial charge in [0.1, 0.15) is 0 Å². The maximum Gasteiger partial charge on any atom is 0.178 e. The largest absolute Gasteiger partial charge is 0.380 e. The summed E-state index contributed by atoms with van der Waals surface area (Å²) in [6.07, 6.45) is 2.04. The van der Waals surface area contributed by atoms with Gasteiger partial charge in [-0.15, -0.1) is 11.8 Å². The predicted molar refractivity (Wildman–Crippen MR) is 91.3 cm³/mol. The molecular formula is C16H13BrN2OS. The van der Waals surface area contributed by atoms with E-state index in [9.17, 15) is 0 Å². The van der Waals surface area contributed by atoms with Crippen LogP contribution in [0.3, 0.4) is 0 Å². The average molecular weight is 361 g/mol. The zero-order chi connectivity index (χ0) is 14.8. The number of benzene rings is 2. The molecule has 0 atom stereocenters. The van der Waals surface area contributed by atoms with E-state index in [1.807, 2.05) is 48.7 Å². The van der Waals surface area contributed by atoms with E-state index in [-0.39, 0.29) is 0 Å². The SMILES string of the molecule is CSc1ccccc1-c1onc(N)c1-c1ccccc1Br. The number of nitrogens with two attached hydrogens (primary N) is 1. The van der Waals surface area contributed by atoms with E-state index in [2.05, 4.69) is 27.2 Å². The summed E-state index contributed by atoms with van der Waals surface area (Å²) >= 11 is 5.23. The molecule has 1 heterocycles. The van der Waals surface area contributed by atoms with Crippen molar-refractivity contribution in [1.29, 1.82) is 0 Å². The van der Waals surface area contributed by atoms with Crippen LogP contribution < -0.4 is 5.73 Å². The number of thioether (sulfide) groups is 1. The van der Waals surface area contributed by atoms with Crippen LogP contribution in [0.4, 0.5) is 5.82 Å². The molecule has 0 aliphatic rings. The van der Waals surface area contributed by atoms with Gasteiger partial charge in [-0.2, -0.15) is 0 Å². The highest BCUT2D eigenvalue weighted by Crippen LogP contribution is 2.42. The van der Waals surface area contributed by atoms with Crippen LogP contribution in [0, 0.1) is 0 Å². The van der Waals surface area contributed by atoms with Gasteiger partial charge in [0.15, 0.2) is 11.6 Å². The Balaban J connectivity index is 2.25. The lowest BCUT2D eigenvalue weighted by Crippen LogP contribution is -1.90. The lowest BCUT2D eigenvalue weighted by atomic mass is 10.0. The Morgan fingerprint density at radius 1 is 1.05 bits per heavy atom. The van der Waals surface area contributed by atoms with Crippen LogP contribution in [0.1, 0.15) is 0 Å². The van der Waals surface area contributed by atoms with Gasteiger partial charge in [0.25, 0.3) is 0 Å². The fraction of sp³-hybridized carbons (Fsp3) is 0.0625. The highest BCUT2D eigenvalue weighted by atomic mass is 79.9. The summed E-state index contributed by atoms with van der Waals surface area (Å²) in [5, 5.41) is 3.96. The molecule has 0 bridgehead atoms. The lowest BCUT2D eigenvalue weighted by Gasteiger charge is -2.08. The van der Waals surface area contributed by atoms with Crippen LogP contribution in [0.5, 0.6) is 0 Å². The van der Waals surface area contributed by atoms with Crippen LogP contribution in [0.15, 0.2) is 62.4 Å². The van der Waals surface area contributed by atoms with Crippen LogP contribution in [0.25, 0.3) is 22.5 Å². The molecular weight excluding hydrogens is 348 g/mol. The molecule has 0 spiro atoms. The summed E-state index contributed by atoms with van der Waals surface area (Å²) in [5.41, 5.74) is 8.84. The molecule has 21 heavy (non-hydrogen) atoms. The van der Waals surface area contributed by atoms with Gasteiger partial charge in [-0.25, -0.2) is 0 Å². The van der Waals surface area contributed by atoms with Gasteiger partial charge in [0.2, 0.25) is 0 Å². The molecule has 0 radical (unpaired) electrons. The number of rotatable bonds is 3. The first-order valence-corrected chi connectivity index (χ1v) is 8.37. The molecule has 2 aromatic carbocycles. The Bertz CT molecular complexity index is 785. The molecule has 5 heteroatoms. The highest BCUT2D eigenvalue weighted by molar-refractivity contribution is 9.10. The molecule has 0 saturated carbocycles. The molecule has 0 fully saturated rings. The van der Waals surface area contributed by atoms with Crippen molar-refractivity contribution in [2.75, 3.05) is 12.0 Å². The van der Waals surface area contributed by atoms with E-state index in [0.29, 0.717) is 11.6 Å². The minimum Gasteiger partial charge on any atom is -0.380 e. The number of aromatic nitrogens is 1. The monoisotopic (exact) mass is 360 g/mol. The van der Waals surface area contributed by atoms with Crippen molar-refractivity contribution in [3.05, 3.63) is 53.0 Å². The van der Waals surface area contributed by atoms with Crippen molar-refractivity contribution in [3.8, 4) is 22.5 Å². The van der Waals surface area contributed by atoms with E-state index >= 15 is 0 Å². The number of nitrogen functional groups attached to an aromatic ring is 1. The maximum absolute atomic E-state index is 6.04. The fourth-order valence-corrected chi connectivity index (χ4v) is 3.32. The molecule has 0 saturated heterocycles. The number of hydrogen-bond donors (Lipinski definition) is 1. The third-order valence-electron chi connectivity index (χ3n) is 3.21. The molecule has 0 amide bonds. The van der Waals surface area contributed by atoms with Gasteiger partial charge in [0.05, 0.1) is 5.56 Å². The van der Waals surface area contributed by atoms with Crippen molar-refractivity contribution in [2.24, 2.45) is 0 Å². The summed E-state index contributed by atoms with van der Waals surface area (Å²) in [6.45, 7) is 0. The molecule has 0 unspecified atom stereocenters. The Labute approximate surface area is 135 Å². The first-order chi connectivity index (χ1) is 10.2. The van der Waals surface area contributed by atoms with E-state index in [0.717, 1.165) is 26.1 Å². The minimum atomic E-state index is 0.396. The second kappa shape index (κ2) is 5.95. The Kier molecular flexibility index (Phi) is 4.03. The van der Waals surface area contributed by atoms with Crippen LogP contribution >= 0.6 is 27.7 Å². The fourth-order valence-electron chi connectivity index (χ4n) is 2.24. The Hall–Kier alpha value is -1.72. The first-order valence-electron chi connectivity index (χ1n) is 6.36. The molecule has 3 aromatic rings. The normalized spacial score (nSPS) is 10.8. The first kappa shape index (κ1) is 14.2. The standard InChI is InChI=1S/C16H13BrN2OS/c1-21-13-9-5-3-7-11(13)15-14(16(18)19-20-15)10-6-2-4-8-12(10)17/h2-9H,1H3,(H2,18,19). The molecule has 1 aromatic heterocycles. The molecule has 2 N–H and O–H groups in total. The second-order valence-electron chi connectivity index (χ2n) is 4.45. The van der Waals surface area contributed by atoms with Gasteiger partial charge < -0.3 is 10.3 Å². The van der Waals surface area contributed by atoms with Crippen molar-refractivity contribution in [2.45, 2.75) is 4.90 Å². The summed E-state index contributed by atoms with van der Waals surface area (Å²) in [4.78, 5) is 1.13. The molecule has 0 aliphatic carbocycles. The maximum atomic E-state index is 6.04. The Morgan fingerprint density at radius 3 is 2.43 bits per heavy atom. The van der Waals surface area contributed by atoms with Crippen molar-refractivity contribution in [3.63, 3.8) is 0 Å². The number of hydrogen-bond acceptors (Lipinski definition) is 4. The van der Waals surface area contributed by atoms with E-state index < -0.39 is 0 Å². The van der Waals surface area contributed by atoms with Crippen molar-refractivity contribution < 1.29 is 4.52 Å². The van der Waals surface area contributed by atoms with Crippen LogP contribution in [0.2, 0.25) is 0 Å². The molecule has 0 aliphatic heterocycles. The summed E-state index contributed by atoms with van der Waals surface area (Å²) in [5.74, 6) is 1.09. The third-order valence-corrected chi connectivity index (χ3v) is 4.70. The lowest BCUT2D eigenvalue weighted by molar-refractivity contribution is 0.435. The third kappa shape index (κ3) is 2.59. The minimum absolute atomic E-state index is 0.396. The van der Waals surface area contributed by atoms with Gasteiger partial charge in [-0.05, 0) is 24.5 Å². The van der Waals surface area contributed by atoms with Crippen molar-refractivity contribution >= 4 is 33.5 Å². The zero-order valence-electron chi connectivity index (χ0n) is 11.3. The number of halogens is 1. The van der Waals surface area contributed by atoms with Gasteiger partial charge >= 0.3 is 0 Å². The highest BCUT2D eigenvalue weighted by Gasteiger charge is 2.21. The Morgan fingerprint density at radius 2 is 1.71 bits per heavy atom. The topological polar surface area (TPSA) is 52.0 Å². The van der Waals surface area contributed by atoms with E-state index in [1.54, 1.807) is 11.8 Å². The summed E-state index contributed by atoms with van der Waals surface area (Å²) in [7, 11) is 0. The molecule has 106 valence electrons.